The number of carbonyl (C=O) groups is 1. The highest BCUT2D eigenvalue weighted by Gasteiger charge is 2.21. The van der Waals surface area contributed by atoms with Crippen molar-refractivity contribution in [1.29, 1.82) is 0 Å². The Bertz CT molecular complexity index is 449. The summed E-state index contributed by atoms with van der Waals surface area (Å²) in [6.45, 7) is 2.24. The highest BCUT2D eigenvalue weighted by atomic mass is 79.9. The van der Waals surface area contributed by atoms with E-state index in [4.69, 9.17) is 11.6 Å². The Morgan fingerprint density at radius 3 is 2.89 bits per heavy atom. The first kappa shape index (κ1) is 13.9. The van der Waals surface area contributed by atoms with E-state index in [9.17, 15) is 4.79 Å². The molecule has 2 nitrogen and oxygen atoms in total. The quantitative estimate of drug-likeness (QED) is 0.855. The summed E-state index contributed by atoms with van der Waals surface area (Å²) in [4.78, 5) is 12.1. The third-order valence-electron chi connectivity index (χ3n) is 3.45. The average Bonchev–Trinajstić information content (AvgIpc) is 2.32. The summed E-state index contributed by atoms with van der Waals surface area (Å²) in [5.74, 6) is 0.682. The Kier molecular flexibility index (Phi) is 4.68. The van der Waals surface area contributed by atoms with Crippen molar-refractivity contribution in [3.05, 3.63) is 33.3 Å². The van der Waals surface area contributed by atoms with Gasteiger partial charge in [-0.3, -0.25) is 4.79 Å². The second-order valence-corrected chi connectivity index (χ2v) is 6.33. The standard InChI is InChI=1S/C14H17BrClNO/c1-9-3-2-4-11(7-9)17-14(18)10-5-6-12(15)13(16)8-10/h5-6,8-9,11H,2-4,7H2,1H3,(H,17,18). The molecule has 0 heterocycles. The molecule has 2 unspecified atom stereocenters. The highest BCUT2D eigenvalue weighted by Crippen LogP contribution is 2.25. The molecule has 1 amide bonds. The predicted octanol–water partition coefficient (Wildman–Crippen LogP) is 4.41. The van der Waals surface area contributed by atoms with E-state index in [0.29, 0.717) is 22.5 Å². The van der Waals surface area contributed by atoms with Crippen molar-refractivity contribution in [1.82, 2.24) is 5.32 Å². The maximum absolute atomic E-state index is 12.1. The molecule has 2 atom stereocenters. The van der Waals surface area contributed by atoms with Crippen LogP contribution in [-0.4, -0.2) is 11.9 Å². The zero-order chi connectivity index (χ0) is 13.1. The molecule has 1 aliphatic carbocycles. The number of nitrogens with one attached hydrogen (secondary N) is 1. The lowest BCUT2D eigenvalue weighted by Crippen LogP contribution is -2.37. The second-order valence-electron chi connectivity index (χ2n) is 5.07. The van der Waals surface area contributed by atoms with Crippen LogP contribution in [0.4, 0.5) is 0 Å². The predicted molar refractivity (Wildman–Crippen MR) is 78.0 cm³/mol. The average molecular weight is 331 g/mol. The molecule has 4 heteroatoms. The first-order valence-corrected chi connectivity index (χ1v) is 7.49. The van der Waals surface area contributed by atoms with Gasteiger partial charge in [0.25, 0.3) is 5.91 Å². The SMILES string of the molecule is CC1CCCC(NC(=O)c2ccc(Br)c(Cl)c2)C1. The van der Waals surface area contributed by atoms with E-state index in [0.717, 1.165) is 17.3 Å². The molecule has 0 saturated heterocycles. The number of amides is 1. The van der Waals surface area contributed by atoms with Gasteiger partial charge in [0, 0.05) is 16.1 Å². The molecule has 98 valence electrons. The van der Waals surface area contributed by atoms with Gasteiger partial charge in [-0.1, -0.05) is 31.4 Å². The van der Waals surface area contributed by atoms with Gasteiger partial charge < -0.3 is 5.32 Å². The van der Waals surface area contributed by atoms with Gasteiger partial charge in [-0.05, 0) is 52.9 Å². The van der Waals surface area contributed by atoms with E-state index in [1.54, 1.807) is 18.2 Å². The molecule has 1 aromatic rings. The van der Waals surface area contributed by atoms with Crippen LogP contribution in [0.15, 0.2) is 22.7 Å². The number of halogens is 2. The number of hydrogen-bond donors (Lipinski definition) is 1. The Balaban J connectivity index is 2.00. The molecule has 1 aromatic carbocycles. The van der Waals surface area contributed by atoms with Crippen LogP contribution in [0.3, 0.4) is 0 Å². The van der Waals surface area contributed by atoms with Crippen molar-refractivity contribution >= 4 is 33.4 Å². The van der Waals surface area contributed by atoms with Gasteiger partial charge in [0.05, 0.1) is 5.02 Å². The topological polar surface area (TPSA) is 29.1 Å². The van der Waals surface area contributed by atoms with E-state index < -0.39 is 0 Å². The van der Waals surface area contributed by atoms with Crippen LogP contribution >= 0.6 is 27.5 Å². The minimum absolute atomic E-state index is 0.0245. The van der Waals surface area contributed by atoms with E-state index >= 15 is 0 Å². The molecule has 1 fully saturated rings. The lowest BCUT2D eigenvalue weighted by Gasteiger charge is -2.27. The van der Waals surface area contributed by atoms with Crippen molar-refractivity contribution in [2.24, 2.45) is 5.92 Å². The summed E-state index contributed by atoms with van der Waals surface area (Å²) < 4.78 is 0.812. The van der Waals surface area contributed by atoms with Crippen LogP contribution in [0.25, 0.3) is 0 Å². The second kappa shape index (κ2) is 6.07. The summed E-state index contributed by atoms with van der Waals surface area (Å²) in [6, 6.07) is 5.61. The van der Waals surface area contributed by atoms with Gasteiger partial charge in [0.2, 0.25) is 0 Å². The molecule has 2 rings (SSSR count). The number of rotatable bonds is 2. The fourth-order valence-corrected chi connectivity index (χ4v) is 2.90. The molecule has 0 spiro atoms. The molecular weight excluding hydrogens is 314 g/mol. The van der Waals surface area contributed by atoms with Crippen molar-refractivity contribution in [2.75, 3.05) is 0 Å². The summed E-state index contributed by atoms with van der Waals surface area (Å²) >= 11 is 9.32. The molecule has 1 aliphatic rings. The number of hydrogen-bond acceptors (Lipinski definition) is 1. The molecule has 0 radical (unpaired) electrons. The van der Waals surface area contributed by atoms with Gasteiger partial charge in [0.1, 0.15) is 0 Å². The molecule has 0 aliphatic heterocycles. The van der Waals surface area contributed by atoms with Crippen molar-refractivity contribution in [2.45, 2.75) is 38.6 Å². The third-order valence-corrected chi connectivity index (χ3v) is 4.69. The molecule has 0 bridgehead atoms. The van der Waals surface area contributed by atoms with Crippen LogP contribution in [0, 0.1) is 5.92 Å². The summed E-state index contributed by atoms with van der Waals surface area (Å²) in [7, 11) is 0. The first-order valence-electron chi connectivity index (χ1n) is 6.32. The first-order chi connectivity index (χ1) is 8.56. The smallest absolute Gasteiger partial charge is 0.251 e. The minimum atomic E-state index is -0.0245. The normalized spacial score (nSPS) is 23.7. The Morgan fingerprint density at radius 2 is 2.22 bits per heavy atom. The largest absolute Gasteiger partial charge is 0.349 e. The summed E-state index contributed by atoms with van der Waals surface area (Å²) in [5, 5.41) is 3.67. The van der Waals surface area contributed by atoms with Gasteiger partial charge in [-0.15, -0.1) is 0 Å². The van der Waals surface area contributed by atoms with E-state index in [-0.39, 0.29) is 5.91 Å². The third kappa shape index (κ3) is 3.48. The highest BCUT2D eigenvalue weighted by molar-refractivity contribution is 9.10. The Hall–Kier alpha value is -0.540. The van der Waals surface area contributed by atoms with Gasteiger partial charge >= 0.3 is 0 Å². The Morgan fingerprint density at radius 1 is 1.44 bits per heavy atom. The van der Waals surface area contributed by atoms with Crippen LogP contribution in [0.1, 0.15) is 43.0 Å². The lowest BCUT2D eigenvalue weighted by atomic mass is 9.87. The van der Waals surface area contributed by atoms with E-state index in [1.807, 2.05) is 0 Å². The fourth-order valence-electron chi connectivity index (χ4n) is 2.47. The van der Waals surface area contributed by atoms with Crippen LogP contribution in [-0.2, 0) is 0 Å². The van der Waals surface area contributed by atoms with Gasteiger partial charge in [-0.2, -0.15) is 0 Å². The summed E-state index contributed by atoms with van der Waals surface area (Å²) in [5.41, 5.74) is 0.626. The molecule has 18 heavy (non-hydrogen) atoms. The molecule has 1 saturated carbocycles. The molecule has 1 N–H and O–H groups in total. The van der Waals surface area contributed by atoms with Gasteiger partial charge in [0.15, 0.2) is 0 Å². The maximum atomic E-state index is 12.1. The fraction of sp³-hybridized carbons (Fsp3) is 0.500. The number of carbonyl (C=O) groups excluding carboxylic acids is 1. The lowest BCUT2D eigenvalue weighted by molar-refractivity contribution is 0.0921. The maximum Gasteiger partial charge on any atom is 0.251 e. The zero-order valence-electron chi connectivity index (χ0n) is 10.4. The molecule has 0 aromatic heterocycles. The van der Waals surface area contributed by atoms with Crippen molar-refractivity contribution in [3.8, 4) is 0 Å². The zero-order valence-corrected chi connectivity index (χ0v) is 12.7. The van der Waals surface area contributed by atoms with Gasteiger partial charge in [-0.25, -0.2) is 0 Å². The van der Waals surface area contributed by atoms with Crippen molar-refractivity contribution < 1.29 is 4.79 Å². The minimum Gasteiger partial charge on any atom is -0.349 e. The van der Waals surface area contributed by atoms with Crippen LogP contribution in [0.2, 0.25) is 5.02 Å². The van der Waals surface area contributed by atoms with Crippen molar-refractivity contribution in [3.63, 3.8) is 0 Å². The summed E-state index contributed by atoms with van der Waals surface area (Å²) in [6.07, 6.45) is 4.64. The van der Waals surface area contributed by atoms with Crippen LogP contribution in [0.5, 0.6) is 0 Å². The molecular formula is C14H17BrClNO. The van der Waals surface area contributed by atoms with E-state index in [2.05, 4.69) is 28.2 Å². The van der Waals surface area contributed by atoms with Crippen LogP contribution < -0.4 is 5.32 Å². The monoisotopic (exact) mass is 329 g/mol. The Labute approximate surface area is 121 Å². The van der Waals surface area contributed by atoms with E-state index in [1.165, 1.54) is 12.8 Å². The number of benzene rings is 1.